The van der Waals surface area contributed by atoms with Gasteiger partial charge in [0.1, 0.15) is 22.8 Å². The molecule has 0 aliphatic rings. The predicted octanol–water partition coefficient (Wildman–Crippen LogP) is 0.259. The number of carbonyl (C=O) groups is 2. The van der Waals surface area contributed by atoms with Crippen LogP contribution in [0.3, 0.4) is 0 Å². The molecule has 0 fully saturated rings. The second-order valence-electron chi connectivity index (χ2n) is 2.83. The number of aliphatic carboxylic acids is 1. The van der Waals surface area contributed by atoms with Gasteiger partial charge in [-0.25, -0.2) is 9.59 Å². The number of phenols is 2. The molecule has 7 heteroatoms. The van der Waals surface area contributed by atoms with Crippen molar-refractivity contribution in [2.45, 2.75) is 0 Å². The lowest BCUT2D eigenvalue weighted by Gasteiger charge is -2.09. The number of phenolic OH excluding ortho intramolecular Hbond substituents is 1. The molecule has 86 valence electrons. The highest BCUT2D eigenvalue weighted by atomic mass is 16.5. The summed E-state index contributed by atoms with van der Waals surface area (Å²) in [5.41, 5.74) is -0.598. The molecule has 0 aliphatic heterocycles. The molecule has 0 atom stereocenters. The van der Waals surface area contributed by atoms with Crippen LogP contribution in [0.5, 0.6) is 17.2 Å². The summed E-state index contributed by atoms with van der Waals surface area (Å²) in [5, 5.41) is 35.4. The van der Waals surface area contributed by atoms with Crippen molar-refractivity contribution in [3.63, 3.8) is 0 Å². The smallest absolute Gasteiger partial charge is 0.343 e. The molecule has 1 aromatic carbocycles. The minimum Gasteiger partial charge on any atom is -0.508 e. The van der Waals surface area contributed by atoms with E-state index in [1.807, 2.05) is 0 Å². The minimum atomic E-state index is -1.49. The Hall–Kier alpha value is -2.44. The van der Waals surface area contributed by atoms with E-state index in [0.29, 0.717) is 0 Å². The molecule has 0 saturated heterocycles. The molecule has 0 aliphatic carbocycles. The van der Waals surface area contributed by atoms with E-state index in [1.165, 1.54) is 0 Å². The second-order valence-corrected chi connectivity index (χ2v) is 2.83. The van der Waals surface area contributed by atoms with Crippen LogP contribution >= 0.6 is 0 Å². The summed E-state index contributed by atoms with van der Waals surface area (Å²) < 4.78 is 4.62. The number of rotatable bonds is 4. The molecule has 0 bridgehead atoms. The van der Waals surface area contributed by atoms with Crippen LogP contribution in [0.15, 0.2) is 12.1 Å². The summed E-state index contributed by atoms with van der Waals surface area (Å²) in [5.74, 6) is -4.33. The van der Waals surface area contributed by atoms with E-state index < -0.39 is 41.4 Å². The minimum absolute atomic E-state index is 0.410. The zero-order chi connectivity index (χ0) is 12.3. The van der Waals surface area contributed by atoms with Crippen molar-refractivity contribution in [2.24, 2.45) is 0 Å². The van der Waals surface area contributed by atoms with Crippen LogP contribution in [0.4, 0.5) is 0 Å². The monoisotopic (exact) mass is 228 g/mol. The number of aromatic hydroxyl groups is 2. The second kappa shape index (κ2) is 4.39. The van der Waals surface area contributed by atoms with Gasteiger partial charge in [0.2, 0.25) is 0 Å². The summed E-state index contributed by atoms with van der Waals surface area (Å²) in [6.45, 7) is -0.775. The normalized spacial score (nSPS) is 9.75. The standard InChI is InChI=1S/C9H8O7/c10-4-1-5(11)8(9(14)15)6(2-4)16-3-7(12)13/h1-2,10-11H,3H2,(H,12,13)(H,14,15). The Balaban J connectivity index is 3.13. The Morgan fingerprint density at radius 1 is 1.19 bits per heavy atom. The Labute approximate surface area is 89.1 Å². The van der Waals surface area contributed by atoms with Crippen LogP contribution in [0.2, 0.25) is 0 Å². The van der Waals surface area contributed by atoms with Crippen LogP contribution < -0.4 is 4.74 Å². The van der Waals surface area contributed by atoms with Gasteiger partial charge in [-0.15, -0.1) is 0 Å². The molecule has 0 radical (unpaired) electrons. The van der Waals surface area contributed by atoms with Crippen LogP contribution in [0, 0.1) is 0 Å². The van der Waals surface area contributed by atoms with Gasteiger partial charge < -0.3 is 25.2 Å². The van der Waals surface area contributed by atoms with Gasteiger partial charge >= 0.3 is 11.9 Å². The maximum absolute atomic E-state index is 10.7. The molecule has 7 nitrogen and oxygen atoms in total. The third kappa shape index (κ3) is 2.53. The Morgan fingerprint density at radius 2 is 1.81 bits per heavy atom. The molecular formula is C9H8O7. The first-order valence-corrected chi connectivity index (χ1v) is 4.05. The first kappa shape index (κ1) is 11.6. The molecule has 0 aromatic heterocycles. The zero-order valence-corrected chi connectivity index (χ0v) is 7.88. The lowest BCUT2D eigenvalue weighted by Crippen LogP contribution is -2.12. The van der Waals surface area contributed by atoms with Crippen molar-refractivity contribution in [3.8, 4) is 17.2 Å². The molecule has 0 saturated carbocycles. The first-order chi connectivity index (χ1) is 7.41. The zero-order valence-electron chi connectivity index (χ0n) is 7.88. The van der Waals surface area contributed by atoms with E-state index in [4.69, 9.17) is 15.3 Å². The van der Waals surface area contributed by atoms with Crippen molar-refractivity contribution >= 4 is 11.9 Å². The van der Waals surface area contributed by atoms with Gasteiger partial charge in [0.25, 0.3) is 0 Å². The van der Waals surface area contributed by atoms with Gasteiger partial charge in [-0.2, -0.15) is 0 Å². The first-order valence-electron chi connectivity index (χ1n) is 4.05. The van der Waals surface area contributed by atoms with Crippen LogP contribution in [0.1, 0.15) is 10.4 Å². The number of hydrogen-bond acceptors (Lipinski definition) is 5. The van der Waals surface area contributed by atoms with E-state index in [1.54, 1.807) is 0 Å². The maximum atomic E-state index is 10.7. The number of aromatic carboxylic acids is 1. The fraction of sp³-hybridized carbons (Fsp3) is 0.111. The van der Waals surface area contributed by atoms with E-state index in [9.17, 15) is 14.7 Å². The highest BCUT2D eigenvalue weighted by Gasteiger charge is 2.19. The van der Waals surface area contributed by atoms with Crippen molar-refractivity contribution in [1.82, 2.24) is 0 Å². The summed E-state index contributed by atoms with van der Waals surface area (Å²) in [6, 6.07) is 1.73. The molecule has 0 amide bonds. The predicted molar refractivity (Wildman–Crippen MR) is 49.9 cm³/mol. The molecule has 16 heavy (non-hydrogen) atoms. The SMILES string of the molecule is O=C(O)COc1cc(O)cc(O)c1C(=O)O. The van der Waals surface area contributed by atoms with E-state index in [0.717, 1.165) is 12.1 Å². The fourth-order valence-corrected chi connectivity index (χ4v) is 1.05. The lowest BCUT2D eigenvalue weighted by molar-refractivity contribution is -0.139. The van der Waals surface area contributed by atoms with Gasteiger partial charge in [0.15, 0.2) is 6.61 Å². The van der Waals surface area contributed by atoms with Gasteiger partial charge in [0, 0.05) is 12.1 Å². The van der Waals surface area contributed by atoms with E-state index >= 15 is 0 Å². The highest BCUT2D eigenvalue weighted by Crippen LogP contribution is 2.32. The topological polar surface area (TPSA) is 124 Å². The lowest BCUT2D eigenvalue weighted by atomic mass is 10.1. The van der Waals surface area contributed by atoms with Gasteiger partial charge in [-0.3, -0.25) is 0 Å². The average Bonchev–Trinajstić information content (AvgIpc) is 2.12. The van der Waals surface area contributed by atoms with Crippen molar-refractivity contribution < 1.29 is 34.8 Å². The van der Waals surface area contributed by atoms with Crippen LogP contribution in [0.25, 0.3) is 0 Å². The van der Waals surface area contributed by atoms with Gasteiger partial charge in [-0.05, 0) is 0 Å². The number of benzene rings is 1. The van der Waals surface area contributed by atoms with Crippen molar-refractivity contribution in [1.29, 1.82) is 0 Å². The van der Waals surface area contributed by atoms with Gasteiger partial charge in [-0.1, -0.05) is 0 Å². The molecule has 0 unspecified atom stereocenters. The molecule has 4 N–H and O–H groups in total. The molecule has 1 rings (SSSR count). The summed E-state index contributed by atoms with van der Waals surface area (Å²) in [4.78, 5) is 21.0. The molecular weight excluding hydrogens is 220 g/mol. The number of hydrogen-bond donors (Lipinski definition) is 4. The number of carboxylic acids is 2. The van der Waals surface area contributed by atoms with Crippen LogP contribution in [-0.2, 0) is 4.79 Å². The maximum Gasteiger partial charge on any atom is 0.343 e. The van der Waals surface area contributed by atoms with E-state index in [-0.39, 0.29) is 0 Å². The Bertz CT molecular complexity index is 438. The summed E-state index contributed by atoms with van der Waals surface area (Å²) in [7, 11) is 0. The fourth-order valence-electron chi connectivity index (χ4n) is 1.05. The van der Waals surface area contributed by atoms with Crippen LogP contribution in [-0.4, -0.2) is 39.0 Å². The quantitative estimate of drug-likeness (QED) is 0.582. The number of carboxylic acid groups (broad SMARTS) is 2. The van der Waals surface area contributed by atoms with E-state index in [2.05, 4.69) is 4.74 Å². The number of ether oxygens (including phenoxy) is 1. The molecule has 0 spiro atoms. The molecule has 0 heterocycles. The molecule has 1 aromatic rings. The highest BCUT2D eigenvalue weighted by molar-refractivity contribution is 5.94. The van der Waals surface area contributed by atoms with Gasteiger partial charge in [0.05, 0.1) is 0 Å². The van der Waals surface area contributed by atoms with Crippen molar-refractivity contribution in [2.75, 3.05) is 6.61 Å². The van der Waals surface area contributed by atoms with Crippen molar-refractivity contribution in [3.05, 3.63) is 17.7 Å². The third-order valence-corrected chi connectivity index (χ3v) is 1.63. The third-order valence-electron chi connectivity index (χ3n) is 1.63. The average molecular weight is 228 g/mol. The Kier molecular flexibility index (Phi) is 3.19. The largest absolute Gasteiger partial charge is 0.508 e. The summed E-state index contributed by atoms with van der Waals surface area (Å²) >= 11 is 0. The Morgan fingerprint density at radius 3 is 2.31 bits per heavy atom. The summed E-state index contributed by atoms with van der Waals surface area (Å²) in [6.07, 6.45) is 0.